The average molecular weight is 256 g/mol. The van der Waals surface area contributed by atoms with Crippen molar-refractivity contribution >= 4 is 5.69 Å². The summed E-state index contributed by atoms with van der Waals surface area (Å²) in [7, 11) is 0. The molecule has 2 nitrogen and oxygen atoms in total. The Morgan fingerprint density at radius 1 is 1.33 bits per heavy atom. The summed E-state index contributed by atoms with van der Waals surface area (Å²) in [4.78, 5) is 1.89. The Morgan fingerprint density at radius 2 is 1.94 bits per heavy atom. The fourth-order valence-electron chi connectivity index (χ4n) is 1.87. The Balaban J connectivity index is 3.28. The lowest BCUT2D eigenvalue weighted by Gasteiger charge is -2.28. The number of benzene rings is 1. The second kappa shape index (κ2) is 5.30. The maximum Gasteiger partial charge on any atom is 0.416 e. The van der Waals surface area contributed by atoms with Crippen molar-refractivity contribution in [2.24, 2.45) is 0 Å². The van der Waals surface area contributed by atoms with Crippen molar-refractivity contribution in [1.29, 1.82) is 5.26 Å². The van der Waals surface area contributed by atoms with Gasteiger partial charge in [-0.25, -0.2) is 0 Å². The Labute approximate surface area is 105 Å². The number of anilines is 1. The van der Waals surface area contributed by atoms with Crippen molar-refractivity contribution in [1.82, 2.24) is 0 Å². The van der Waals surface area contributed by atoms with Gasteiger partial charge in [-0.1, -0.05) is 0 Å². The molecular weight excluding hydrogens is 241 g/mol. The molecule has 0 aliphatic rings. The van der Waals surface area contributed by atoms with Gasteiger partial charge >= 0.3 is 6.18 Å². The number of nitrogens with zero attached hydrogens (tertiary/aromatic N) is 2. The topological polar surface area (TPSA) is 27.0 Å². The van der Waals surface area contributed by atoms with Gasteiger partial charge in [0, 0.05) is 12.6 Å². The molecule has 98 valence electrons. The van der Waals surface area contributed by atoms with E-state index in [2.05, 4.69) is 0 Å². The Bertz CT molecular complexity index is 458. The summed E-state index contributed by atoms with van der Waals surface area (Å²) in [5.41, 5.74) is -0.189. The second-order valence-corrected chi connectivity index (χ2v) is 4.22. The molecule has 0 unspecified atom stereocenters. The molecule has 5 heteroatoms. The minimum atomic E-state index is -4.42. The fourth-order valence-corrected chi connectivity index (χ4v) is 1.87. The number of hydrogen-bond acceptors (Lipinski definition) is 2. The van der Waals surface area contributed by atoms with Gasteiger partial charge in [-0.15, -0.1) is 0 Å². The van der Waals surface area contributed by atoms with Gasteiger partial charge in [0.25, 0.3) is 0 Å². The molecule has 1 rings (SSSR count). The normalized spacial score (nSPS) is 11.4. The predicted molar refractivity (Wildman–Crippen MR) is 64.3 cm³/mol. The molecule has 0 radical (unpaired) electrons. The molecule has 0 N–H and O–H groups in total. The summed E-state index contributed by atoms with van der Waals surface area (Å²) in [6.07, 6.45) is -4.42. The predicted octanol–water partition coefficient (Wildman–Crippen LogP) is 3.81. The summed E-state index contributed by atoms with van der Waals surface area (Å²) < 4.78 is 37.7. The van der Waals surface area contributed by atoms with Crippen LogP contribution in [0.1, 0.15) is 31.9 Å². The maximum absolute atomic E-state index is 12.6. The Hall–Kier alpha value is -1.70. The first-order chi connectivity index (χ1) is 8.31. The minimum Gasteiger partial charge on any atom is -0.368 e. The molecule has 0 saturated carbocycles. The van der Waals surface area contributed by atoms with E-state index in [-0.39, 0.29) is 11.6 Å². The molecule has 0 aliphatic carbocycles. The highest BCUT2D eigenvalue weighted by molar-refractivity contribution is 5.61. The van der Waals surface area contributed by atoms with Crippen molar-refractivity contribution in [3.8, 4) is 6.07 Å². The number of hydrogen-bond donors (Lipinski definition) is 0. The van der Waals surface area contributed by atoms with E-state index in [1.54, 1.807) is 0 Å². The fraction of sp³-hybridized carbons (Fsp3) is 0.462. The van der Waals surface area contributed by atoms with Crippen LogP contribution in [-0.2, 0) is 6.18 Å². The highest BCUT2D eigenvalue weighted by atomic mass is 19.4. The van der Waals surface area contributed by atoms with Crippen LogP contribution in [0.25, 0.3) is 0 Å². The van der Waals surface area contributed by atoms with Crippen LogP contribution >= 0.6 is 0 Å². The number of rotatable bonds is 3. The zero-order valence-corrected chi connectivity index (χ0v) is 10.5. The van der Waals surface area contributed by atoms with Crippen LogP contribution in [0, 0.1) is 11.3 Å². The number of nitriles is 1. The van der Waals surface area contributed by atoms with E-state index < -0.39 is 11.7 Å². The quantitative estimate of drug-likeness (QED) is 0.822. The lowest BCUT2D eigenvalue weighted by Crippen LogP contribution is -2.31. The summed E-state index contributed by atoms with van der Waals surface area (Å²) in [5, 5.41) is 8.99. The molecule has 1 aromatic carbocycles. The lowest BCUT2D eigenvalue weighted by molar-refractivity contribution is -0.137. The largest absolute Gasteiger partial charge is 0.416 e. The molecule has 0 heterocycles. The first-order valence-electron chi connectivity index (χ1n) is 5.69. The maximum atomic E-state index is 12.6. The van der Waals surface area contributed by atoms with Crippen LogP contribution < -0.4 is 4.90 Å². The van der Waals surface area contributed by atoms with Crippen molar-refractivity contribution in [3.05, 3.63) is 29.3 Å². The van der Waals surface area contributed by atoms with E-state index in [9.17, 15) is 13.2 Å². The summed E-state index contributed by atoms with van der Waals surface area (Å²) in [5.74, 6) is 0. The van der Waals surface area contributed by atoms with Crippen LogP contribution in [0.3, 0.4) is 0 Å². The smallest absolute Gasteiger partial charge is 0.368 e. The van der Waals surface area contributed by atoms with Gasteiger partial charge in [0.05, 0.1) is 16.8 Å². The van der Waals surface area contributed by atoms with Gasteiger partial charge < -0.3 is 4.90 Å². The third-order valence-corrected chi connectivity index (χ3v) is 2.72. The number of halogens is 3. The molecule has 1 aromatic rings. The molecule has 0 aliphatic heterocycles. The van der Waals surface area contributed by atoms with Gasteiger partial charge in [-0.05, 0) is 39.0 Å². The van der Waals surface area contributed by atoms with Crippen LogP contribution in [0.15, 0.2) is 18.2 Å². The summed E-state index contributed by atoms with van der Waals surface area (Å²) >= 11 is 0. The highest BCUT2D eigenvalue weighted by Crippen LogP contribution is 2.33. The molecule has 0 aromatic heterocycles. The van der Waals surface area contributed by atoms with Crippen molar-refractivity contribution in [2.75, 3.05) is 11.4 Å². The molecule has 0 fully saturated rings. The SMILES string of the molecule is CCN(c1ccc(C(F)(F)F)cc1C#N)C(C)C. The third kappa shape index (κ3) is 2.95. The van der Waals surface area contributed by atoms with Gasteiger partial charge in [-0.3, -0.25) is 0 Å². The molecule has 0 saturated heterocycles. The molecule has 0 amide bonds. The first kappa shape index (κ1) is 14.4. The molecule has 0 bridgehead atoms. The van der Waals surface area contributed by atoms with E-state index in [0.29, 0.717) is 12.2 Å². The van der Waals surface area contributed by atoms with E-state index >= 15 is 0 Å². The van der Waals surface area contributed by atoms with Crippen LogP contribution in [0.5, 0.6) is 0 Å². The van der Waals surface area contributed by atoms with Crippen LogP contribution in [0.4, 0.5) is 18.9 Å². The third-order valence-electron chi connectivity index (χ3n) is 2.72. The van der Waals surface area contributed by atoms with Crippen LogP contribution in [-0.4, -0.2) is 12.6 Å². The zero-order chi connectivity index (χ0) is 13.9. The lowest BCUT2D eigenvalue weighted by atomic mass is 10.1. The Morgan fingerprint density at radius 3 is 2.33 bits per heavy atom. The van der Waals surface area contributed by atoms with Gasteiger partial charge in [0.2, 0.25) is 0 Å². The van der Waals surface area contributed by atoms with Crippen LogP contribution in [0.2, 0.25) is 0 Å². The van der Waals surface area contributed by atoms with Crippen molar-refractivity contribution in [2.45, 2.75) is 33.0 Å². The summed E-state index contributed by atoms with van der Waals surface area (Å²) in [6.45, 7) is 6.40. The average Bonchev–Trinajstić information content (AvgIpc) is 2.28. The number of alkyl halides is 3. The highest BCUT2D eigenvalue weighted by Gasteiger charge is 2.31. The molecule has 18 heavy (non-hydrogen) atoms. The summed E-state index contributed by atoms with van der Waals surface area (Å²) in [6, 6.07) is 5.24. The van der Waals surface area contributed by atoms with E-state index in [0.717, 1.165) is 12.1 Å². The van der Waals surface area contributed by atoms with Crippen molar-refractivity contribution in [3.63, 3.8) is 0 Å². The van der Waals surface area contributed by atoms with Gasteiger partial charge in [0.15, 0.2) is 0 Å². The van der Waals surface area contributed by atoms with E-state index in [1.165, 1.54) is 6.07 Å². The minimum absolute atomic E-state index is 0.0559. The van der Waals surface area contributed by atoms with E-state index in [4.69, 9.17) is 5.26 Å². The Kier molecular flexibility index (Phi) is 4.23. The van der Waals surface area contributed by atoms with Gasteiger partial charge in [0.1, 0.15) is 6.07 Å². The second-order valence-electron chi connectivity index (χ2n) is 4.22. The van der Waals surface area contributed by atoms with E-state index in [1.807, 2.05) is 31.7 Å². The van der Waals surface area contributed by atoms with Crippen molar-refractivity contribution < 1.29 is 13.2 Å². The van der Waals surface area contributed by atoms with Gasteiger partial charge in [-0.2, -0.15) is 18.4 Å². The standard InChI is InChI=1S/C13H15F3N2/c1-4-18(9(2)3)12-6-5-11(13(14,15)16)7-10(12)8-17/h5-7,9H,4H2,1-3H3. The molecule has 0 spiro atoms. The first-order valence-corrected chi connectivity index (χ1v) is 5.69. The zero-order valence-electron chi connectivity index (χ0n) is 10.5. The molecular formula is C13H15F3N2. The molecule has 0 atom stereocenters. The monoisotopic (exact) mass is 256 g/mol.